The molecule has 33 heavy (non-hydrogen) atoms. The maximum Gasteiger partial charge on any atom is 0.264 e. The highest BCUT2D eigenvalue weighted by Gasteiger charge is 2.25. The van der Waals surface area contributed by atoms with Gasteiger partial charge in [0.25, 0.3) is 15.9 Å². The molecule has 1 fully saturated rings. The molecule has 0 aliphatic carbocycles. The van der Waals surface area contributed by atoms with E-state index in [-0.39, 0.29) is 21.5 Å². The second-order valence-corrected chi connectivity index (χ2v) is 9.71. The number of para-hydroxylation sites is 1. The molecule has 174 valence electrons. The van der Waals surface area contributed by atoms with E-state index in [1.54, 1.807) is 56.3 Å². The number of halogens is 1. The monoisotopic (exact) mass is 489 g/mol. The summed E-state index contributed by atoms with van der Waals surface area (Å²) < 4.78 is 40.3. The molecule has 4 rings (SSSR count). The van der Waals surface area contributed by atoms with Crippen molar-refractivity contribution in [2.45, 2.75) is 18.7 Å². The van der Waals surface area contributed by atoms with Crippen molar-refractivity contribution >= 4 is 44.6 Å². The van der Waals surface area contributed by atoms with Crippen LogP contribution >= 0.6 is 11.6 Å². The van der Waals surface area contributed by atoms with Gasteiger partial charge in [-0.2, -0.15) is 0 Å². The van der Waals surface area contributed by atoms with Gasteiger partial charge in [-0.1, -0.05) is 23.7 Å². The number of benzene rings is 2. The minimum Gasteiger partial charge on any atom is -0.466 e. The Bertz CT molecular complexity index is 1280. The van der Waals surface area contributed by atoms with Crippen molar-refractivity contribution in [3.8, 4) is 0 Å². The number of anilines is 3. The number of aryl methyl sites for hydroxylation is 2. The maximum atomic E-state index is 13.4. The standard InChI is InChI=1S/C23H24ClN3O5S/c1-15-13-18(16(2)32-15)23(28)25-17-7-8-21(27-9-11-31-12-10-27)22(14-17)33(29,30)26-20-6-4-3-5-19(20)24/h3-8,13-14,26H,9-12H2,1-2H3,(H,25,28). The van der Waals surface area contributed by atoms with E-state index in [0.29, 0.717) is 54.8 Å². The number of ether oxygens (including phenoxy) is 1. The average Bonchev–Trinajstić information content (AvgIpc) is 3.14. The largest absolute Gasteiger partial charge is 0.466 e. The number of sulfonamides is 1. The predicted molar refractivity (Wildman–Crippen MR) is 128 cm³/mol. The third kappa shape index (κ3) is 5.16. The second-order valence-electron chi connectivity index (χ2n) is 7.65. The number of nitrogens with zero attached hydrogens (tertiary/aromatic N) is 1. The fourth-order valence-corrected chi connectivity index (χ4v) is 5.24. The zero-order chi connectivity index (χ0) is 23.6. The Hall–Kier alpha value is -3.01. The molecule has 3 aromatic rings. The minimum absolute atomic E-state index is 0.0298. The molecule has 1 aliphatic heterocycles. The van der Waals surface area contributed by atoms with E-state index in [9.17, 15) is 13.2 Å². The summed E-state index contributed by atoms with van der Waals surface area (Å²) in [6.45, 7) is 5.55. The number of hydrogen-bond donors (Lipinski definition) is 2. The summed E-state index contributed by atoms with van der Waals surface area (Å²) in [6, 6.07) is 13.1. The van der Waals surface area contributed by atoms with Gasteiger partial charge in [0, 0.05) is 18.8 Å². The van der Waals surface area contributed by atoms with Crippen LogP contribution in [0.4, 0.5) is 17.1 Å². The van der Waals surface area contributed by atoms with Gasteiger partial charge in [0.1, 0.15) is 16.4 Å². The molecule has 0 radical (unpaired) electrons. The molecule has 0 spiro atoms. The highest BCUT2D eigenvalue weighted by Crippen LogP contribution is 2.32. The Morgan fingerprint density at radius 2 is 1.79 bits per heavy atom. The van der Waals surface area contributed by atoms with E-state index in [4.69, 9.17) is 20.8 Å². The number of furan rings is 1. The lowest BCUT2D eigenvalue weighted by molar-refractivity contribution is 0.102. The molecular formula is C23H24ClN3O5S. The second kappa shape index (κ2) is 9.46. The Kier molecular flexibility index (Phi) is 6.64. The van der Waals surface area contributed by atoms with Crippen LogP contribution in [-0.2, 0) is 14.8 Å². The van der Waals surface area contributed by atoms with E-state index in [1.165, 1.54) is 6.07 Å². The van der Waals surface area contributed by atoms with Crippen LogP contribution in [0.25, 0.3) is 0 Å². The van der Waals surface area contributed by atoms with Crippen LogP contribution in [0.2, 0.25) is 5.02 Å². The summed E-state index contributed by atoms with van der Waals surface area (Å²) >= 11 is 6.17. The van der Waals surface area contributed by atoms with Crippen LogP contribution in [0.1, 0.15) is 21.9 Å². The summed E-state index contributed by atoms with van der Waals surface area (Å²) in [4.78, 5) is 14.7. The Morgan fingerprint density at radius 3 is 2.45 bits per heavy atom. The summed E-state index contributed by atoms with van der Waals surface area (Å²) in [5.41, 5.74) is 1.52. The fraction of sp³-hybridized carbons (Fsp3) is 0.261. The van der Waals surface area contributed by atoms with Gasteiger partial charge in [0.05, 0.1) is 35.2 Å². The zero-order valence-corrected chi connectivity index (χ0v) is 19.8. The van der Waals surface area contributed by atoms with Crippen molar-refractivity contribution in [2.24, 2.45) is 0 Å². The molecule has 1 aliphatic rings. The summed E-state index contributed by atoms with van der Waals surface area (Å²) in [6.07, 6.45) is 0. The molecule has 0 saturated carbocycles. The number of morpholine rings is 1. The Balaban J connectivity index is 1.71. The summed E-state index contributed by atoms with van der Waals surface area (Å²) in [5.74, 6) is 0.724. The Labute approximate surface area is 197 Å². The first-order valence-corrected chi connectivity index (χ1v) is 12.2. The van der Waals surface area contributed by atoms with Gasteiger partial charge < -0.3 is 19.4 Å². The van der Waals surface area contributed by atoms with Gasteiger partial charge in [0.15, 0.2) is 0 Å². The van der Waals surface area contributed by atoms with Crippen LogP contribution in [0, 0.1) is 13.8 Å². The third-order valence-corrected chi connectivity index (χ3v) is 6.99. The summed E-state index contributed by atoms with van der Waals surface area (Å²) in [7, 11) is -4.03. The first-order valence-electron chi connectivity index (χ1n) is 10.4. The average molecular weight is 490 g/mol. The van der Waals surface area contributed by atoms with Crippen molar-refractivity contribution in [1.82, 2.24) is 0 Å². The van der Waals surface area contributed by atoms with E-state index in [1.807, 2.05) is 4.90 Å². The fourth-order valence-electron chi connectivity index (χ4n) is 3.67. The van der Waals surface area contributed by atoms with Gasteiger partial charge >= 0.3 is 0 Å². The van der Waals surface area contributed by atoms with Crippen molar-refractivity contribution < 1.29 is 22.4 Å². The van der Waals surface area contributed by atoms with E-state index >= 15 is 0 Å². The lowest BCUT2D eigenvalue weighted by Crippen LogP contribution is -2.37. The lowest BCUT2D eigenvalue weighted by Gasteiger charge is -2.30. The van der Waals surface area contributed by atoms with E-state index < -0.39 is 10.0 Å². The molecular weight excluding hydrogens is 466 g/mol. The van der Waals surface area contributed by atoms with Crippen molar-refractivity contribution in [3.63, 3.8) is 0 Å². The normalized spacial score (nSPS) is 14.2. The van der Waals surface area contributed by atoms with Gasteiger partial charge in [-0.25, -0.2) is 8.42 Å². The quantitative estimate of drug-likeness (QED) is 0.531. The van der Waals surface area contributed by atoms with Gasteiger partial charge in [0.2, 0.25) is 0 Å². The number of carbonyl (C=O) groups excluding carboxylic acids is 1. The predicted octanol–water partition coefficient (Wildman–Crippen LogP) is 4.44. The first-order chi connectivity index (χ1) is 15.7. The molecule has 1 aromatic heterocycles. The SMILES string of the molecule is Cc1cc(C(=O)Nc2ccc(N3CCOCC3)c(S(=O)(=O)Nc3ccccc3Cl)c2)c(C)o1. The Morgan fingerprint density at radius 1 is 1.06 bits per heavy atom. The molecule has 0 unspecified atom stereocenters. The first kappa shape index (κ1) is 23.2. The van der Waals surface area contributed by atoms with Crippen molar-refractivity contribution in [3.05, 3.63) is 70.6 Å². The molecule has 2 aromatic carbocycles. The molecule has 0 atom stereocenters. The number of rotatable bonds is 6. The molecule has 8 nitrogen and oxygen atoms in total. The maximum absolute atomic E-state index is 13.4. The van der Waals surface area contributed by atoms with Crippen LogP contribution in [-0.4, -0.2) is 40.6 Å². The van der Waals surface area contributed by atoms with Crippen molar-refractivity contribution in [2.75, 3.05) is 41.2 Å². The van der Waals surface area contributed by atoms with Crippen LogP contribution in [0.3, 0.4) is 0 Å². The number of amides is 1. The summed E-state index contributed by atoms with van der Waals surface area (Å²) in [5, 5.41) is 3.05. The minimum atomic E-state index is -4.03. The molecule has 1 amide bonds. The molecule has 2 N–H and O–H groups in total. The van der Waals surface area contributed by atoms with Crippen LogP contribution in [0.15, 0.2) is 57.8 Å². The van der Waals surface area contributed by atoms with Gasteiger partial charge in [-0.3, -0.25) is 9.52 Å². The molecule has 0 bridgehead atoms. The lowest BCUT2D eigenvalue weighted by atomic mass is 10.2. The number of hydrogen-bond acceptors (Lipinski definition) is 6. The van der Waals surface area contributed by atoms with E-state index in [0.717, 1.165) is 0 Å². The van der Waals surface area contributed by atoms with Crippen molar-refractivity contribution in [1.29, 1.82) is 0 Å². The van der Waals surface area contributed by atoms with Crippen LogP contribution < -0.4 is 14.9 Å². The zero-order valence-electron chi connectivity index (χ0n) is 18.2. The number of carbonyl (C=O) groups is 1. The van der Waals surface area contributed by atoms with Gasteiger partial charge in [-0.05, 0) is 50.2 Å². The highest BCUT2D eigenvalue weighted by molar-refractivity contribution is 7.93. The number of nitrogens with one attached hydrogen (secondary N) is 2. The smallest absolute Gasteiger partial charge is 0.264 e. The topological polar surface area (TPSA) is 101 Å². The molecule has 1 saturated heterocycles. The molecule has 2 heterocycles. The molecule has 10 heteroatoms. The van der Waals surface area contributed by atoms with E-state index in [2.05, 4.69) is 10.0 Å². The van der Waals surface area contributed by atoms with Crippen LogP contribution in [0.5, 0.6) is 0 Å². The third-order valence-electron chi connectivity index (χ3n) is 5.26. The highest BCUT2D eigenvalue weighted by atomic mass is 35.5. The van der Waals surface area contributed by atoms with Gasteiger partial charge in [-0.15, -0.1) is 0 Å².